The van der Waals surface area contributed by atoms with E-state index in [1.54, 1.807) is 0 Å². The highest BCUT2D eigenvalue weighted by Gasteiger charge is 2.44. The van der Waals surface area contributed by atoms with E-state index in [0.717, 1.165) is 22.2 Å². The Morgan fingerprint density at radius 1 is 0.800 bits per heavy atom. The van der Waals surface area contributed by atoms with Crippen LogP contribution in [0.25, 0.3) is 5.69 Å². The summed E-state index contributed by atoms with van der Waals surface area (Å²) in [6, 6.07) is 32.3. The molecule has 0 atom stereocenters. The van der Waals surface area contributed by atoms with Gasteiger partial charge in [0.25, 0.3) is 0 Å². The van der Waals surface area contributed by atoms with Gasteiger partial charge in [-0.15, -0.1) is 0 Å². The van der Waals surface area contributed by atoms with Crippen LogP contribution in [0.4, 0.5) is 0 Å². The molecule has 1 aliphatic rings. The monoisotopic (exact) mass is 430 g/mol. The molecule has 0 amide bonds. The maximum Gasteiger partial charge on any atom is 0.111 e. The van der Waals surface area contributed by atoms with Crippen LogP contribution in [0.1, 0.15) is 22.5 Å². The molecule has 1 aliphatic heterocycles. The van der Waals surface area contributed by atoms with E-state index in [1.165, 1.54) is 22.5 Å². The fourth-order valence-electron chi connectivity index (χ4n) is 4.39. The fraction of sp³-hybridized carbons (Fsp3) is 0.154. The summed E-state index contributed by atoms with van der Waals surface area (Å²) in [5.74, 6) is 0. The number of aromatic nitrogens is 1. The zero-order valence-corrected chi connectivity index (χ0v) is 18.6. The van der Waals surface area contributed by atoms with Crippen molar-refractivity contribution in [2.24, 2.45) is 0 Å². The normalized spacial score (nSPS) is 14.4. The lowest BCUT2D eigenvalue weighted by molar-refractivity contribution is 0.393. The number of benzene rings is 3. The largest absolute Gasteiger partial charge is 0.313 e. The molecule has 3 aromatic carbocycles. The lowest BCUT2D eigenvalue weighted by Crippen LogP contribution is -2.32. The molecule has 2 nitrogen and oxygen atoms in total. The molecule has 5 rings (SSSR count). The molecule has 4 heteroatoms. The van der Waals surface area contributed by atoms with Gasteiger partial charge in [0.2, 0.25) is 0 Å². The highest BCUT2D eigenvalue weighted by atomic mass is 35.5. The lowest BCUT2D eigenvalue weighted by Gasteiger charge is -2.40. The van der Waals surface area contributed by atoms with Crippen LogP contribution < -0.4 is 0 Å². The Labute approximate surface area is 187 Å². The number of rotatable bonds is 4. The Morgan fingerprint density at radius 3 is 2.03 bits per heavy atom. The number of halogens is 1. The second kappa shape index (κ2) is 7.66. The Balaban J connectivity index is 1.88. The van der Waals surface area contributed by atoms with Gasteiger partial charge in [-0.25, -0.2) is 0 Å². The third kappa shape index (κ3) is 3.01. The number of hydrogen-bond acceptors (Lipinski definition) is 2. The van der Waals surface area contributed by atoms with E-state index in [9.17, 15) is 0 Å². The minimum atomic E-state index is -0.384. The predicted octanol–water partition coefficient (Wildman–Crippen LogP) is 6.59. The quantitative estimate of drug-likeness (QED) is 0.361. The van der Waals surface area contributed by atoms with Crippen LogP contribution in [0.5, 0.6) is 0 Å². The number of nitrogens with zero attached hydrogens (tertiary/aromatic N) is 2. The summed E-state index contributed by atoms with van der Waals surface area (Å²) in [7, 11) is 4.22. The molecule has 4 aromatic rings. The molecule has 0 aliphatic carbocycles. The molecule has 0 saturated carbocycles. The standard InChI is InChI=1S/C26H23ClN2S/c1-28(2)18-21-16-17-24-26(19-10-5-3-6-11-19,20-12-7-4-8-13-20)30-25-22(27)14-9-15-23(25)29(21)24/h3-17H,18H2,1-2H3. The van der Waals surface area contributed by atoms with Crippen LogP contribution in [-0.2, 0) is 11.3 Å². The highest BCUT2D eigenvalue weighted by Crippen LogP contribution is 2.58. The zero-order chi connectivity index (χ0) is 20.7. The molecule has 2 heterocycles. The molecule has 0 bridgehead atoms. The van der Waals surface area contributed by atoms with Gasteiger partial charge in [0.05, 0.1) is 15.6 Å². The maximum absolute atomic E-state index is 6.79. The summed E-state index contributed by atoms with van der Waals surface area (Å²) in [5.41, 5.74) is 6.18. The summed E-state index contributed by atoms with van der Waals surface area (Å²) >= 11 is 8.64. The van der Waals surface area contributed by atoms with Crippen molar-refractivity contribution in [2.45, 2.75) is 16.2 Å². The highest BCUT2D eigenvalue weighted by molar-refractivity contribution is 8.01. The van der Waals surface area contributed by atoms with E-state index in [1.807, 2.05) is 23.9 Å². The summed E-state index contributed by atoms with van der Waals surface area (Å²) in [4.78, 5) is 3.33. The van der Waals surface area contributed by atoms with Crippen molar-refractivity contribution in [1.82, 2.24) is 9.47 Å². The minimum Gasteiger partial charge on any atom is -0.313 e. The number of fused-ring (bicyclic) bond motifs is 3. The van der Waals surface area contributed by atoms with Crippen LogP contribution in [0, 0.1) is 0 Å². The molecular formula is C26H23ClN2S. The lowest BCUT2D eigenvalue weighted by atomic mass is 9.87. The Morgan fingerprint density at radius 2 is 1.43 bits per heavy atom. The van der Waals surface area contributed by atoms with Gasteiger partial charge in [0.1, 0.15) is 4.75 Å². The Bertz CT molecular complexity index is 1140. The SMILES string of the molecule is CN(C)Cc1ccc2n1-c1cccc(Cl)c1SC2(c1ccccc1)c1ccccc1. The van der Waals surface area contributed by atoms with E-state index < -0.39 is 0 Å². The third-order valence-corrected chi connectivity index (χ3v) is 7.65. The molecule has 0 spiro atoms. The molecule has 0 saturated heterocycles. The van der Waals surface area contributed by atoms with Crippen LogP contribution >= 0.6 is 23.4 Å². The van der Waals surface area contributed by atoms with Crippen LogP contribution in [0.3, 0.4) is 0 Å². The zero-order valence-electron chi connectivity index (χ0n) is 17.0. The molecule has 30 heavy (non-hydrogen) atoms. The third-order valence-electron chi connectivity index (χ3n) is 5.60. The van der Waals surface area contributed by atoms with Crippen molar-refractivity contribution >= 4 is 23.4 Å². The predicted molar refractivity (Wildman–Crippen MR) is 127 cm³/mol. The second-order valence-electron chi connectivity index (χ2n) is 7.89. The molecule has 0 fully saturated rings. The first-order valence-corrected chi connectivity index (χ1v) is 11.3. The van der Waals surface area contributed by atoms with Gasteiger partial charge in [-0.1, -0.05) is 90.1 Å². The van der Waals surface area contributed by atoms with Gasteiger partial charge >= 0.3 is 0 Å². The van der Waals surface area contributed by atoms with Gasteiger partial charge in [-0.3, -0.25) is 0 Å². The molecule has 0 unspecified atom stereocenters. The van der Waals surface area contributed by atoms with Crippen molar-refractivity contribution in [1.29, 1.82) is 0 Å². The van der Waals surface area contributed by atoms with Crippen molar-refractivity contribution in [3.05, 3.63) is 119 Å². The molecule has 1 aromatic heterocycles. The Hall–Kier alpha value is -2.46. The van der Waals surface area contributed by atoms with E-state index >= 15 is 0 Å². The van der Waals surface area contributed by atoms with E-state index in [2.05, 4.69) is 102 Å². The van der Waals surface area contributed by atoms with E-state index in [0.29, 0.717) is 0 Å². The van der Waals surface area contributed by atoms with Gasteiger partial charge in [0, 0.05) is 17.9 Å². The van der Waals surface area contributed by atoms with Crippen LogP contribution in [-0.4, -0.2) is 23.6 Å². The van der Waals surface area contributed by atoms with Crippen LogP contribution in [0.2, 0.25) is 5.02 Å². The van der Waals surface area contributed by atoms with Gasteiger partial charge in [0.15, 0.2) is 0 Å². The number of thioether (sulfide) groups is 1. The first-order chi connectivity index (χ1) is 14.6. The van der Waals surface area contributed by atoms with Gasteiger partial charge in [-0.05, 0) is 49.5 Å². The van der Waals surface area contributed by atoms with E-state index in [-0.39, 0.29) is 4.75 Å². The summed E-state index contributed by atoms with van der Waals surface area (Å²) < 4.78 is 2.03. The van der Waals surface area contributed by atoms with Gasteiger partial charge < -0.3 is 9.47 Å². The molecule has 0 N–H and O–H groups in total. The number of hydrogen-bond donors (Lipinski definition) is 0. The maximum atomic E-state index is 6.79. The molecular weight excluding hydrogens is 408 g/mol. The Kier molecular flexibility index (Phi) is 4.98. The fourth-order valence-corrected chi connectivity index (χ4v) is 6.18. The smallest absolute Gasteiger partial charge is 0.111 e. The first kappa shape index (κ1) is 19.5. The minimum absolute atomic E-state index is 0.384. The second-order valence-corrected chi connectivity index (χ2v) is 9.52. The van der Waals surface area contributed by atoms with Crippen molar-refractivity contribution < 1.29 is 0 Å². The molecule has 150 valence electrons. The summed E-state index contributed by atoms with van der Waals surface area (Å²) in [5, 5.41) is 0.795. The average molecular weight is 431 g/mol. The van der Waals surface area contributed by atoms with E-state index in [4.69, 9.17) is 11.6 Å². The van der Waals surface area contributed by atoms with Gasteiger partial charge in [-0.2, -0.15) is 0 Å². The first-order valence-electron chi connectivity index (χ1n) is 10.1. The average Bonchev–Trinajstić information content (AvgIpc) is 3.19. The summed E-state index contributed by atoms with van der Waals surface area (Å²) in [6.07, 6.45) is 0. The topological polar surface area (TPSA) is 8.17 Å². The summed E-state index contributed by atoms with van der Waals surface area (Å²) in [6.45, 7) is 0.857. The van der Waals surface area contributed by atoms with Crippen LogP contribution in [0.15, 0.2) is 95.9 Å². The van der Waals surface area contributed by atoms with Crippen molar-refractivity contribution in [3.8, 4) is 5.69 Å². The molecule has 0 radical (unpaired) electrons. The van der Waals surface area contributed by atoms with Crippen molar-refractivity contribution in [2.75, 3.05) is 14.1 Å². The van der Waals surface area contributed by atoms with Crippen molar-refractivity contribution in [3.63, 3.8) is 0 Å².